The molecule has 3 aromatic rings. The zero-order valence-electron chi connectivity index (χ0n) is 15.3. The Kier molecular flexibility index (Phi) is 5.88. The third kappa shape index (κ3) is 4.82. The van der Waals surface area contributed by atoms with Crippen LogP contribution in [0.3, 0.4) is 0 Å². The Bertz CT molecular complexity index is 1180. The fraction of sp³-hybridized carbons (Fsp3) is 0.150. The number of rotatable bonds is 6. The minimum Gasteiger partial charge on any atom is -0.508 e. The standard InChI is InChI=1S/C20H16F3NO5S/c21-20(22,23)30(27,28)29-17-10-14-6-7-16(25)12-18(14)15(11-17)8-9-24-19(26)13-4-2-1-3-5-13/h1-7,10-12,25H,8-9H2,(H,24,26). The van der Waals surface area contributed by atoms with Gasteiger partial charge in [-0.25, -0.2) is 0 Å². The highest BCUT2D eigenvalue weighted by molar-refractivity contribution is 7.88. The van der Waals surface area contributed by atoms with Gasteiger partial charge in [0.15, 0.2) is 0 Å². The number of carbonyl (C=O) groups excluding carboxylic acids is 1. The van der Waals surface area contributed by atoms with Crippen LogP contribution in [0.25, 0.3) is 10.8 Å². The molecule has 0 saturated carbocycles. The average molecular weight is 439 g/mol. The molecule has 3 aromatic carbocycles. The van der Waals surface area contributed by atoms with Crippen LogP contribution in [-0.2, 0) is 16.5 Å². The van der Waals surface area contributed by atoms with E-state index in [0.717, 1.165) is 12.1 Å². The van der Waals surface area contributed by atoms with E-state index in [1.807, 2.05) is 0 Å². The minimum atomic E-state index is -5.83. The van der Waals surface area contributed by atoms with E-state index in [9.17, 15) is 31.5 Å². The predicted octanol–water partition coefficient (Wildman–Crippen LogP) is 3.75. The van der Waals surface area contributed by atoms with Crippen molar-refractivity contribution in [3.05, 3.63) is 71.8 Å². The minimum absolute atomic E-state index is 0.0753. The van der Waals surface area contributed by atoms with Crippen LogP contribution in [0.1, 0.15) is 15.9 Å². The number of nitrogens with one attached hydrogen (secondary N) is 1. The average Bonchev–Trinajstić information content (AvgIpc) is 2.68. The Hall–Kier alpha value is -3.27. The first kappa shape index (κ1) is 21.4. The number of phenolic OH excluding ortho intramolecular Hbond substituents is 1. The van der Waals surface area contributed by atoms with Crippen LogP contribution in [0.5, 0.6) is 11.5 Å². The van der Waals surface area contributed by atoms with E-state index < -0.39 is 21.4 Å². The molecule has 0 heterocycles. The van der Waals surface area contributed by atoms with E-state index in [-0.39, 0.29) is 24.6 Å². The highest BCUT2D eigenvalue weighted by atomic mass is 32.2. The summed E-state index contributed by atoms with van der Waals surface area (Å²) in [6.07, 6.45) is 0.155. The number of benzene rings is 3. The fourth-order valence-corrected chi connectivity index (χ4v) is 3.27. The van der Waals surface area contributed by atoms with Crippen LogP contribution in [0.4, 0.5) is 13.2 Å². The number of hydrogen-bond acceptors (Lipinski definition) is 5. The first-order valence-corrected chi connectivity index (χ1v) is 10.1. The van der Waals surface area contributed by atoms with Crippen LogP contribution in [-0.4, -0.2) is 31.5 Å². The molecule has 0 aliphatic rings. The van der Waals surface area contributed by atoms with Crippen molar-refractivity contribution in [1.82, 2.24) is 5.32 Å². The summed E-state index contributed by atoms with van der Waals surface area (Å²) < 4.78 is 64.9. The zero-order valence-corrected chi connectivity index (χ0v) is 16.1. The zero-order chi connectivity index (χ0) is 21.9. The number of phenols is 1. The van der Waals surface area contributed by atoms with Gasteiger partial charge in [-0.05, 0) is 59.2 Å². The van der Waals surface area contributed by atoms with Gasteiger partial charge in [-0.15, -0.1) is 0 Å². The van der Waals surface area contributed by atoms with Crippen LogP contribution < -0.4 is 9.50 Å². The van der Waals surface area contributed by atoms with E-state index in [1.54, 1.807) is 30.3 Å². The predicted molar refractivity (Wildman–Crippen MR) is 104 cm³/mol. The van der Waals surface area contributed by atoms with E-state index >= 15 is 0 Å². The molecule has 2 N–H and O–H groups in total. The second-order valence-corrected chi connectivity index (χ2v) is 7.88. The van der Waals surface area contributed by atoms with Crippen LogP contribution in [0.15, 0.2) is 60.7 Å². The highest BCUT2D eigenvalue weighted by Crippen LogP contribution is 2.32. The number of aromatic hydroxyl groups is 1. The second kappa shape index (κ2) is 8.23. The topological polar surface area (TPSA) is 92.7 Å². The Balaban J connectivity index is 1.86. The van der Waals surface area contributed by atoms with Gasteiger partial charge >= 0.3 is 15.6 Å². The quantitative estimate of drug-likeness (QED) is 0.451. The van der Waals surface area contributed by atoms with Crippen molar-refractivity contribution in [3.8, 4) is 11.5 Å². The molecule has 0 radical (unpaired) electrons. The summed E-state index contributed by atoms with van der Waals surface area (Å²) in [4.78, 5) is 12.1. The van der Waals surface area contributed by atoms with Crippen molar-refractivity contribution in [3.63, 3.8) is 0 Å². The van der Waals surface area contributed by atoms with Gasteiger partial charge in [-0.2, -0.15) is 21.6 Å². The Morgan fingerprint density at radius 3 is 2.40 bits per heavy atom. The lowest BCUT2D eigenvalue weighted by Crippen LogP contribution is -2.28. The molecular formula is C20H16F3NO5S. The summed E-state index contributed by atoms with van der Waals surface area (Å²) in [5, 5.41) is 13.3. The normalized spacial score (nSPS) is 12.0. The number of fused-ring (bicyclic) bond motifs is 1. The Morgan fingerprint density at radius 1 is 1.03 bits per heavy atom. The fourth-order valence-electron chi connectivity index (χ4n) is 2.82. The number of alkyl halides is 3. The molecule has 0 spiro atoms. The summed E-state index contributed by atoms with van der Waals surface area (Å²) in [5.74, 6) is -0.932. The number of amides is 1. The molecule has 0 bridgehead atoms. The molecule has 6 nitrogen and oxygen atoms in total. The molecular weight excluding hydrogens is 423 g/mol. The largest absolute Gasteiger partial charge is 0.534 e. The molecule has 0 saturated heterocycles. The van der Waals surface area contributed by atoms with Gasteiger partial charge in [-0.3, -0.25) is 4.79 Å². The molecule has 0 aromatic heterocycles. The number of carbonyl (C=O) groups is 1. The lowest BCUT2D eigenvalue weighted by Gasteiger charge is -2.13. The Morgan fingerprint density at radius 2 is 1.73 bits per heavy atom. The van der Waals surface area contributed by atoms with E-state index in [2.05, 4.69) is 9.50 Å². The van der Waals surface area contributed by atoms with Crippen LogP contribution in [0.2, 0.25) is 0 Å². The summed E-state index contributed by atoms with van der Waals surface area (Å²) in [6.45, 7) is 0.119. The molecule has 0 aliphatic carbocycles. The monoisotopic (exact) mass is 439 g/mol. The second-order valence-electron chi connectivity index (χ2n) is 6.34. The lowest BCUT2D eigenvalue weighted by atomic mass is 10.0. The lowest BCUT2D eigenvalue weighted by molar-refractivity contribution is -0.0500. The maximum absolute atomic E-state index is 12.6. The van der Waals surface area contributed by atoms with E-state index in [1.165, 1.54) is 18.2 Å². The van der Waals surface area contributed by atoms with Crippen molar-refractivity contribution in [2.24, 2.45) is 0 Å². The van der Waals surface area contributed by atoms with Gasteiger partial charge in [0.2, 0.25) is 0 Å². The van der Waals surface area contributed by atoms with Crippen LogP contribution >= 0.6 is 0 Å². The van der Waals surface area contributed by atoms with E-state index in [0.29, 0.717) is 21.9 Å². The first-order valence-electron chi connectivity index (χ1n) is 8.66. The van der Waals surface area contributed by atoms with Crippen LogP contribution in [0, 0.1) is 0 Å². The summed E-state index contributed by atoms with van der Waals surface area (Å²) in [5.41, 5.74) is -4.74. The van der Waals surface area contributed by atoms with Crippen molar-refractivity contribution in [2.75, 3.05) is 6.54 Å². The molecule has 30 heavy (non-hydrogen) atoms. The number of hydrogen-bond donors (Lipinski definition) is 2. The maximum Gasteiger partial charge on any atom is 0.534 e. The van der Waals surface area contributed by atoms with Crippen molar-refractivity contribution in [1.29, 1.82) is 0 Å². The van der Waals surface area contributed by atoms with Crippen molar-refractivity contribution in [2.45, 2.75) is 11.9 Å². The Labute approximate surface area is 170 Å². The molecule has 0 unspecified atom stereocenters. The van der Waals surface area contributed by atoms with Gasteiger partial charge in [0.25, 0.3) is 5.91 Å². The molecule has 3 rings (SSSR count). The first-order chi connectivity index (χ1) is 14.1. The highest BCUT2D eigenvalue weighted by Gasteiger charge is 2.48. The maximum atomic E-state index is 12.6. The van der Waals surface area contributed by atoms with Gasteiger partial charge in [0, 0.05) is 12.1 Å². The van der Waals surface area contributed by atoms with Gasteiger partial charge < -0.3 is 14.6 Å². The van der Waals surface area contributed by atoms with Crippen molar-refractivity contribution >= 4 is 26.8 Å². The molecule has 0 aliphatic heterocycles. The molecule has 0 atom stereocenters. The van der Waals surface area contributed by atoms with E-state index in [4.69, 9.17) is 0 Å². The molecule has 1 amide bonds. The smallest absolute Gasteiger partial charge is 0.508 e. The van der Waals surface area contributed by atoms with Gasteiger partial charge in [0.05, 0.1) is 0 Å². The summed E-state index contributed by atoms with van der Waals surface area (Å²) in [6, 6.07) is 14.8. The third-order valence-corrected chi connectivity index (χ3v) is 5.18. The van der Waals surface area contributed by atoms with Crippen molar-refractivity contribution < 1.29 is 35.7 Å². The molecule has 158 valence electrons. The summed E-state index contributed by atoms with van der Waals surface area (Å²) in [7, 11) is -5.83. The molecule has 10 heteroatoms. The van der Waals surface area contributed by atoms with Gasteiger partial charge in [0.1, 0.15) is 11.5 Å². The third-order valence-electron chi connectivity index (χ3n) is 4.20. The summed E-state index contributed by atoms with van der Waals surface area (Å²) >= 11 is 0. The molecule has 0 fully saturated rings. The van der Waals surface area contributed by atoms with Gasteiger partial charge in [-0.1, -0.05) is 24.3 Å². The SMILES string of the molecule is O=C(NCCc1cc(OS(=O)(=O)C(F)(F)F)cc2ccc(O)cc12)c1ccccc1. The number of halogens is 3.